The molecule has 0 bridgehead atoms. The molecule has 1 saturated heterocycles. The van der Waals surface area contributed by atoms with E-state index in [1.54, 1.807) is 10.6 Å². The molecule has 2 atom stereocenters. The summed E-state index contributed by atoms with van der Waals surface area (Å²) in [5.74, 6) is -2.13. The van der Waals surface area contributed by atoms with Gasteiger partial charge in [0.15, 0.2) is 0 Å². The SMILES string of the molecule is Cl.NCCCC[C@H](N)C(=O)NC1CCN(c2cc3c(cc2F)c(=O)c(C(=O)O)cn3C2CC2)C1.O. The van der Waals surface area contributed by atoms with Crippen molar-refractivity contribution in [2.75, 3.05) is 24.5 Å². The minimum Gasteiger partial charge on any atom is -0.477 e. The molecule has 35 heavy (non-hydrogen) atoms. The van der Waals surface area contributed by atoms with Crippen LogP contribution in [0, 0.1) is 5.82 Å². The highest BCUT2D eigenvalue weighted by atomic mass is 35.5. The van der Waals surface area contributed by atoms with Crippen LogP contribution in [-0.4, -0.2) is 58.7 Å². The average Bonchev–Trinajstić information content (AvgIpc) is 3.52. The Hall–Kier alpha value is -2.73. The maximum atomic E-state index is 15.1. The number of unbranched alkanes of at least 4 members (excludes halogenated alkanes) is 1. The van der Waals surface area contributed by atoms with Crippen LogP contribution in [0.1, 0.15) is 54.9 Å². The van der Waals surface area contributed by atoms with Gasteiger partial charge in [-0.05, 0) is 50.8 Å². The number of aromatic carboxylic acids is 1. The zero-order chi connectivity index (χ0) is 23.7. The molecule has 0 radical (unpaired) electrons. The molecule has 1 aliphatic heterocycles. The molecule has 1 amide bonds. The summed E-state index contributed by atoms with van der Waals surface area (Å²) in [6.45, 7) is 1.52. The normalized spacial score (nSPS) is 18.0. The zero-order valence-electron chi connectivity index (χ0n) is 19.3. The van der Waals surface area contributed by atoms with Crippen LogP contribution in [0.25, 0.3) is 10.9 Å². The van der Waals surface area contributed by atoms with Crippen LogP contribution < -0.4 is 27.1 Å². The van der Waals surface area contributed by atoms with Gasteiger partial charge in [-0.3, -0.25) is 9.59 Å². The van der Waals surface area contributed by atoms with Crippen LogP contribution in [-0.2, 0) is 4.79 Å². The second-order valence-electron chi connectivity index (χ2n) is 8.97. The molecular formula is C23H33ClFN5O5. The van der Waals surface area contributed by atoms with Crippen LogP contribution in [0.3, 0.4) is 0 Å². The first kappa shape index (κ1) is 28.5. The van der Waals surface area contributed by atoms with Crippen molar-refractivity contribution in [3.63, 3.8) is 0 Å². The van der Waals surface area contributed by atoms with Crippen molar-refractivity contribution >= 4 is 40.9 Å². The largest absolute Gasteiger partial charge is 0.477 e. The number of amides is 1. The van der Waals surface area contributed by atoms with Gasteiger partial charge < -0.3 is 36.8 Å². The summed E-state index contributed by atoms with van der Waals surface area (Å²) in [6, 6.07) is 2.11. The molecule has 2 aromatic rings. The standard InChI is InChI=1S/C23H30FN5O4.ClH.H2O/c24-17-9-15-19(29(14-4-5-14)12-16(21(15)30)23(32)33)10-20(17)28-8-6-13(11-28)27-22(31)18(26)3-1-2-7-25;;/h9-10,12-14,18H,1-8,11,25-26H2,(H,27,31)(H,32,33);1H;1H2/t13?,18-;;/m0../s1. The molecular weight excluding hydrogens is 481 g/mol. The highest BCUT2D eigenvalue weighted by Crippen LogP contribution is 2.38. The fourth-order valence-corrected chi connectivity index (χ4v) is 4.45. The van der Waals surface area contributed by atoms with E-state index < -0.39 is 23.3 Å². The first-order valence-corrected chi connectivity index (χ1v) is 11.4. The summed E-state index contributed by atoms with van der Waals surface area (Å²) < 4.78 is 16.8. The number of aromatic nitrogens is 1. The number of carboxylic acids is 1. The Bertz CT molecular complexity index is 1140. The van der Waals surface area contributed by atoms with E-state index in [2.05, 4.69) is 5.32 Å². The number of benzene rings is 1. The van der Waals surface area contributed by atoms with Crippen molar-refractivity contribution in [3.05, 3.63) is 39.9 Å². The maximum Gasteiger partial charge on any atom is 0.341 e. The number of carbonyl (C=O) groups is 2. The fourth-order valence-electron chi connectivity index (χ4n) is 4.45. The number of nitrogens with one attached hydrogen (secondary N) is 1. The number of fused-ring (bicyclic) bond motifs is 1. The van der Waals surface area contributed by atoms with Gasteiger partial charge in [-0.25, -0.2) is 9.18 Å². The number of hydrogen-bond donors (Lipinski definition) is 4. The number of hydrogen-bond acceptors (Lipinski definition) is 6. The Labute approximate surface area is 208 Å². The molecule has 8 N–H and O–H groups in total. The number of pyridine rings is 1. The lowest BCUT2D eigenvalue weighted by Gasteiger charge is -2.22. The van der Waals surface area contributed by atoms with E-state index in [-0.39, 0.29) is 46.8 Å². The van der Waals surface area contributed by atoms with E-state index >= 15 is 4.39 Å². The molecule has 2 heterocycles. The number of nitrogens with zero attached hydrogens (tertiary/aromatic N) is 2. The van der Waals surface area contributed by atoms with Gasteiger partial charge in [0, 0.05) is 36.8 Å². The third-order valence-corrected chi connectivity index (χ3v) is 6.45. The van der Waals surface area contributed by atoms with Gasteiger partial charge in [0.25, 0.3) is 0 Å². The van der Waals surface area contributed by atoms with Crippen molar-refractivity contribution in [2.24, 2.45) is 11.5 Å². The summed E-state index contributed by atoms with van der Waals surface area (Å²) in [4.78, 5) is 38.4. The second-order valence-corrected chi connectivity index (χ2v) is 8.97. The van der Waals surface area contributed by atoms with Crippen LogP contribution in [0.5, 0.6) is 0 Å². The predicted molar refractivity (Wildman–Crippen MR) is 134 cm³/mol. The quantitative estimate of drug-likeness (QED) is 0.360. The lowest BCUT2D eigenvalue weighted by Crippen LogP contribution is -2.46. The fraction of sp³-hybridized carbons (Fsp3) is 0.522. The average molecular weight is 514 g/mol. The molecule has 2 fully saturated rings. The summed E-state index contributed by atoms with van der Waals surface area (Å²) >= 11 is 0. The topological polar surface area (TPSA) is 175 Å². The van der Waals surface area contributed by atoms with Gasteiger partial charge in [-0.2, -0.15) is 0 Å². The first-order chi connectivity index (χ1) is 15.8. The van der Waals surface area contributed by atoms with Crippen LogP contribution >= 0.6 is 12.4 Å². The van der Waals surface area contributed by atoms with Crippen molar-refractivity contribution < 1.29 is 24.6 Å². The van der Waals surface area contributed by atoms with E-state index in [0.717, 1.165) is 31.7 Å². The Balaban J connectivity index is 0.00000216. The number of halogens is 2. The summed E-state index contributed by atoms with van der Waals surface area (Å²) in [7, 11) is 0. The van der Waals surface area contributed by atoms with Gasteiger partial charge >= 0.3 is 5.97 Å². The zero-order valence-corrected chi connectivity index (χ0v) is 20.2. The van der Waals surface area contributed by atoms with Gasteiger partial charge in [0.05, 0.1) is 17.2 Å². The molecule has 1 aliphatic carbocycles. The third-order valence-electron chi connectivity index (χ3n) is 6.45. The molecule has 1 unspecified atom stereocenters. The molecule has 12 heteroatoms. The smallest absolute Gasteiger partial charge is 0.341 e. The van der Waals surface area contributed by atoms with E-state index in [9.17, 15) is 19.5 Å². The van der Waals surface area contributed by atoms with E-state index in [0.29, 0.717) is 43.7 Å². The molecule has 1 aromatic heterocycles. The number of carboxylic acid groups (broad SMARTS) is 1. The van der Waals surface area contributed by atoms with Crippen molar-refractivity contribution in [3.8, 4) is 0 Å². The minimum absolute atomic E-state index is 0. The molecule has 194 valence electrons. The van der Waals surface area contributed by atoms with E-state index in [1.807, 2.05) is 4.90 Å². The monoisotopic (exact) mass is 513 g/mol. The third kappa shape index (κ3) is 6.10. The number of anilines is 1. The Kier molecular flexibility index (Phi) is 9.61. The number of nitrogens with two attached hydrogens (primary N) is 2. The van der Waals surface area contributed by atoms with Crippen molar-refractivity contribution in [1.82, 2.24) is 9.88 Å². The van der Waals surface area contributed by atoms with Crippen molar-refractivity contribution in [1.29, 1.82) is 0 Å². The lowest BCUT2D eigenvalue weighted by molar-refractivity contribution is -0.123. The Morgan fingerprint density at radius 3 is 2.57 bits per heavy atom. The van der Waals surface area contributed by atoms with Gasteiger partial charge in [0.1, 0.15) is 11.4 Å². The molecule has 1 aromatic carbocycles. The lowest BCUT2D eigenvalue weighted by atomic mass is 10.1. The van der Waals surface area contributed by atoms with Gasteiger partial charge in [0.2, 0.25) is 11.3 Å². The molecule has 4 rings (SSSR count). The molecule has 2 aliphatic rings. The predicted octanol–water partition coefficient (Wildman–Crippen LogP) is 0.922. The van der Waals surface area contributed by atoms with Crippen LogP contribution in [0.2, 0.25) is 0 Å². The summed E-state index contributed by atoms with van der Waals surface area (Å²) in [6.07, 6.45) is 5.95. The number of rotatable bonds is 9. The second kappa shape index (κ2) is 11.8. The first-order valence-electron chi connectivity index (χ1n) is 11.4. The van der Waals surface area contributed by atoms with E-state index in [4.69, 9.17) is 11.5 Å². The Morgan fingerprint density at radius 1 is 1.23 bits per heavy atom. The van der Waals surface area contributed by atoms with Crippen LogP contribution in [0.4, 0.5) is 10.1 Å². The summed E-state index contributed by atoms with van der Waals surface area (Å²) in [5, 5.41) is 12.4. The molecule has 1 saturated carbocycles. The number of carbonyl (C=O) groups excluding carboxylic acids is 1. The van der Waals surface area contributed by atoms with Gasteiger partial charge in [-0.1, -0.05) is 6.42 Å². The summed E-state index contributed by atoms with van der Waals surface area (Å²) in [5.41, 5.74) is 11.3. The van der Waals surface area contributed by atoms with E-state index in [1.165, 1.54) is 6.20 Å². The Morgan fingerprint density at radius 2 is 1.94 bits per heavy atom. The molecule has 0 spiro atoms. The van der Waals surface area contributed by atoms with Gasteiger partial charge in [-0.15, -0.1) is 12.4 Å². The highest BCUT2D eigenvalue weighted by molar-refractivity contribution is 5.93. The van der Waals surface area contributed by atoms with Crippen LogP contribution in [0.15, 0.2) is 23.1 Å². The molecule has 10 nitrogen and oxygen atoms in total. The van der Waals surface area contributed by atoms with Crippen molar-refractivity contribution in [2.45, 2.75) is 56.7 Å². The highest BCUT2D eigenvalue weighted by Gasteiger charge is 2.30. The minimum atomic E-state index is -1.32. The maximum absolute atomic E-state index is 15.1.